The van der Waals surface area contributed by atoms with E-state index >= 15 is 0 Å². The van der Waals surface area contributed by atoms with Crippen molar-refractivity contribution in [3.8, 4) is 11.1 Å². The van der Waals surface area contributed by atoms with Crippen molar-refractivity contribution in [1.29, 1.82) is 0 Å². The van der Waals surface area contributed by atoms with E-state index in [1.165, 1.54) is 0 Å². The van der Waals surface area contributed by atoms with E-state index in [1.54, 1.807) is 0 Å². The first-order chi connectivity index (χ1) is 15.4. The number of aliphatic carboxylic acids is 1. The van der Waals surface area contributed by atoms with Gasteiger partial charge in [-0.2, -0.15) is 0 Å². The lowest BCUT2D eigenvalue weighted by Gasteiger charge is -2.17. The van der Waals surface area contributed by atoms with Gasteiger partial charge in [0.2, 0.25) is 5.91 Å². The maximum atomic E-state index is 12.4. The van der Waals surface area contributed by atoms with Crippen LogP contribution in [0.15, 0.2) is 48.5 Å². The second-order valence-corrected chi connectivity index (χ2v) is 8.28. The van der Waals surface area contributed by atoms with Gasteiger partial charge in [0.15, 0.2) is 6.10 Å². The van der Waals surface area contributed by atoms with Crippen molar-refractivity contribution in [2.75, 3.05) is 13.2 Å². The number of fused-ring (bicyclic) bond motifs is 3. The molecule has 8 nitrogen and oxygen atoms in total. The summed E-state index contributed by atoms with van der Waals surface area (Å²) in [5.41, 5.74) is 4.61. The molecule has 0 aliphatic heterocycles. The molecule has 8 heteroatoms. The van der Waals surface area contributed by atoms with E-state index in [9.17, 15) is 19.5 Å². The Hall–Kier alpha value is -3.39. The van der Waals surface area contributed by atoms with E-state index in [4.69, 9.17) is 9.84 Å². The van der Waals surface area contributed by atoms with E-state index in [2.05, 4.69) is 34.9 Å². The highest BCUT2D eigenvalue weighted by atomic mass is 16.5. The average Bonchev–Trinajstić information content (AvgIpc) is 3.38. The molecule has 2 aromatic rings. The highest BCUT2D eigenvalue weighted by Crippen LogP contribution is 2.44. The summed E-state index contributed by atoms with van der Waals surface area (Å²) in [4.78, 5) is 35.2. The summed E-state index contributed by atoms with van der Waals surface area (Å²) in [5, 5.41) is 23.2. The molecule has 168 valence electrons. The molecule has 3 unspecified atom stereocenters. The van der Waals surface area contributed by atoms with Crippen LogP contribution in [0.25, 0.3) is 11.1 Å². The molecule has 2 aliphatic rings. The quantitative estimate of drug-likeness (QED) is 0.526. The minimum absolute atomic E-state index is 0.0177. The van der Waals surface area contributed by atoms with Gasteiger partial charge in [-0.3, -0.25) is 4.79 Å². The maximum Gasteiger partial charge on any atom is 0.407 e. The van der Waals surface area contributed by atoms with Crippen LogP contribution in [0.2, 0.25) is 0 Å². The van der Waals surface area contributed by atoms with Gasteiger partial charge in [-0.1, -0.05) is 48.5 Å². The summed E-state index contributed by atoms with van der Waals surface area (Å²) in [5.74, 6) is -2.06. The Morgan fingerprint density at radius 2 is 1.62 bits per heavy atom. The monoisotopic (exact) mass is 438 g/mol. The van der Waals surface area contributed by atoms with Crippen LogP contribution in [-0.4, -0.2) is 53.5 Å². The van der Waals surface area contributed by atoms with Crippen LogP contribution in [-0.2, 0) is 14.3 Å². The van der Waals surface area contributed by atoms with Crippen molar-refractivity contribution in [3.63, 3.8) is 0 Å². The minimum Gasteiger partial charge on any atom is -0.479 e. The van der Waals surface area contributed by atoms with Crippen LogP contribution < -0.4 is 10.6 Å². The maximum absolute atomic E-state index is 12.4. The van der Waals surface area contributed by atoms with E-state index < -0.39 is 18.2 Å². The number of aliphatic hydroxyl groups is 1. The molecular weight excluding hydrogens is 412 g/mol. The summed E-state index contributed by atoms with van der Waals surface area (Å²) in [6, 6.07) is 16.0. The lowest BCUT2D eigenvalue weighted by molar-refractivity contribution is -0.146. The van der Waals surface area contributed by atoms with Gasteiger partial charge < -0.3 is 25.6 Å². The number of carboxylic acids is 1. The molecule has 0 saturated heterocycles. The molecule has 0 heterocycles. The van der Waals surface area contributed by atoms with Crippen LogP contribution in [0.3, 0.4) is 0 Å². The third kappa shape index (κ3) is 4.60. The molecule has 1 fully saturated rings. The number of nitrogens with one attached hydrogen (secondary N) is 2. The Kier molecular flexibility index (Phi) is 6.41. The molecule has 1 saturated carbocycles. The van der Waals surface area contributed by atoms with E-state index in [1.807, 2.05) is 24.3 Å². The number of ether oxygens (including phenoxy) is 1. The van der Waals surface area contributed by atoms with Gasteiger partial charge in [-0.05, 0) is 41.5 Å². The lowest BCUT2D eigenvalue weighted by Crippen LogP contribution is -2.39. The van der Waals surface area contributed by atoms with Crippen molar-refractivity contribution in [3.05, 3.63) is 59.7 Å². The molecule has 4 rings (SSSR count). The van der Waals surface area contributed by atoms with Crippen LogP contribution in [0.1, 0.15) is 36.3 Å². The number of carbonyl (C=O) groups excluding carboxylic acids is 2. The Morgan fingerprint density at radius 3 is 2.25 bits per heavy atom. The lowest BCUT2D eigenvalue weighted by atomic mass is 9.98. The van der Waals surface area contributed by atoms with Crippen LogP contribution in [0.5, 0.6) is 0 Å². The molecule has 3 atom stereocenters. The van der Waals surface area contributed by atoms with E-state index in [0.717, 1.165) is 22.3 Å². The topological polar surface area (TPSA) is 125 Å². The predicted octanol–water partition coefficient (Wildman–Crippen LogP) is 2.26. The number of hydrogen-bond acceptors (Lipinski definition) is 5. The van der Waals surface area contributed by atoms with E-state index in [-0.39, 0.29) is 36.9 Å². The molecule has 0 spiro atoms. The predicted molar refractivity (Wildman–Crippen MR) is 116 cm³/mol. The molecule has 32 heavy (non-hydrogen) atoms. The first kappa shape index (κ1) is 21.8. The molecule has 4 N–H and O–H groups in total. The third-order valence-electron chi connectivity index (χ3n) is 6.22. The normalized spacial score (nSPS) is 20.2. The number of carboxylic acid groups (broad SMARTS) is 1. The van der Waals surface area contributed by atoms with Crippen LogP contribution in [0, 0.1) is 5.92 Å². The number of alkyl carbamates (subject to hydrolysis) is 1. The highest BCUT2D eigenvalue weighted by molar-refractivity contribution is 5.81. The average molecular weight is 438 g/mol. The summed E-state index contributed by atoms with van der Waals surface area (Å²) < 4.78 is 5.55. The molecule has 2 aromatic carbocycles. The van der Waals surface area contributed by atoms with Gasteiger partial charge in [0.1, 0.15) is 6.61 Å². The highest BCUT2D eigenvalue weighted by Gasteiger charge is 2.33. The first-order valence-corrected chi connectivity index (χ1v) is 10.7. The first-order valence-electron chi connectivity index (χ1n) is 10.7. The second kappa shape index (κ2) is 9.40. The fourth-order valence-electron chi connectivity index (χ4n) is 4.59. The van der Waals surface area contributed by atoms with Gasteiger partial charge in [0.25, 0.3) is 0 Å². The zero-order valence-corrected chi connectivity index (χ0v) is 17.5. The molecule has 0 radical (unpaired) electrons. The number of amides is 2. The van der Waals surface area contributed by atoms with Crippen molar-refractivity contribution >= 4 is 18.0 Å². The van der Waals surface area contributed by atoms with Gasteiger partial charge in [-0.15, -0.1) is 0 Å². The molecule has 0 aromatic heterocycles. The molecule has 2 amide bonds. The number of aliphatic hydroxyl groups excluding tert-OH is 1. The SMILES string of the molecule is O=C(NC1CCC(C(=O)NCC(O)C(=O)O)C1)OCC1c2ccccc2-c2ccccc21. The van der Waals surface area contributed by atoms with Gasteiger partial charge in [0.05, 0.1) is 6.54 Å². The second-order valence-electron chi connectivity index (χ2n) is 8.28. The number of rotatable bonds is 7. The number of benzene rings is 2. The number of hydrogen-bond donors (Lipinski definition) is 4. The van der Waals surface area contributed by atoms with Crippen molar-refractivity contribution < 1.29 is 29.3 Å². The van der Waals surface area contributed by atoms with Crippen molar-refractivity contribution in [2.24, 2.45) is 5.92 Å². The van der Waals surface area contributed by atoms with Gasteiger partial charge in [0, 0.05) is 17.9 Å². The smallest absolute Gasteiger partial charge is 0.407 e. The van der Waals surface area contributed by atoms with Crippen LogP contribution >= 0.6 is 0 Å². The number of carbonyl (C=O) groups is 3. The van der Waals surface area contributed by atoms with Crippen molar-refractivity contribution in [2.45, 2.75) is 37.3 Å². The molecule has 0 bridgehead atoms. The van der Waals surface area contributed by atoms with Crippen LogP contribution in [0.4, 0.5) is 4.79 Å². The standard InChI is InChI=1S/C24H26N2O6/c27-21(23(29)30)12-25-22(28)14-9-10-15(11-14)26-24(31)32-13-20-18-7-3-1-5-16(18)17-6-2-4-8-19(17)20/h1-8,14-15,20-21,27H,9-13H2,(H,25,28)(H,26,31)(H,29,30). The Bertz CT molecular complexity index is 978. The van der Waals surface area contributed by atoms with Gasteiger partial charge >= 0.3 is 12.1 Å². The summed E-state index contributed by atoms with van der Waals surface area (Å²) in [7, 11) is 0. The zero-order valence-electron chi connectivity index (χ0n) is 17.5. The third-order valence-corrected chi connectivity index (χ3v) is 6.22. The fourth-order valence-corrected chi connectivity index (χ4v) is 4.59. The molecule has 2 aliphatic carbocycles. The Labute approximate surface area is 185 Å². The zero-order chi connectivity index (χ0) is 22.7. The van der Waals surface area contributed by atoms with Crippen molar-refractivity contribution in [1.82, 2.24) is 10.6 Å². The molecular formula is C24H26N2O6. The van der Waals surface area contributed by atoms with Gasteiger partial charge in [-0.25, -0.2) is 9.59 Å². The Balaban J connectivity index is 1.27. The minimum atomic E-state index is -1.63. The summed E-state index contributed by atoms with van der Waals surface area (Å²) >= 11 is 0. The largest absolute Gasteiger partial charge is 0.479 e. The summed E-state index contributed by atoms with van der Waals surface area (Å²) in [6.07, 6.45) is -0.499. The summed E-state index contributed by atoms with van der Waals surface area (Å²) in [6.45, 7) is -0.112. The van der Waals surface area contributed by atoms with E-state index in [0.29, 0.717) is 19.3 Å². The fraction of sp³-hybridized carbons (Fsp3) is 0.375. The Morgan fingerprint density at radius 1 is 1.00 bits per heavy atom.